The third-order valence-corrected chi connectivity index (χ3v) is 12.2. The first-order chi connectivity index (χ1) is 35.5. The topological polar surface area (TPSA) is 244 Å². The van der Waals surface area contributed by atoms with Crippen molar-refractivity contribution in [3.8, 4) is 23.0 Å². The monoisotopic (exact) mass is 1030 g/mol. The molecule has 0 amide bonds. The van der Waals surface area contributed by atoms with E-state index in [1.54, 1.807) is 76.2 Å². The van der Waals surface area contributed by atoms with Gasteiger partial charge in [-0.25, -0.2) is 19.2 Å². The summed E-state index contributed by atoms with van der Waals surface area (Å²) in [7, 11) is 1.23. The highest BCUT2D eigenvalue weighted by molar-refractivity contribution is 6.07. The van der Waals surface area contributed by atoms with Gasteiger partial charge < -0.3 is 33.2 Å². The maximum Gasteiger partial charge on any atom is 0.514 e. The number of ether oxygens (including phenoxy) is 7. The predicted octanol–water partition coefficient (Wildman–Crippen LogP) is 11.4. The number of Topliss-reactive ketones (excluding diaryl/α,β-unsaturated/α-hetero) is 4. The Balaban J connectivity index is 0.000000164. The summed E-state index contributed by atoms with van der Waals surface area (Å²) in [6.45, 7) is 14.7. The number of nitro groups is 1. The van der Waals surface area contributed by atoms with Crippen LogP contribution in [0.2, 0.25) is 0 Å². The van der Waals surface area contributed by atoms with Crippen molar-refractivity contribution in [2.75, 3.05) is 13.7 Å². The fraction of sp³-hybridized carbons (Fsp3) is 0.333. The number of rotatable bonds is 7. The van der Waals surface area contributed by atoms with Crippen molar-refractivity contribution in [2.24, 2.45) is 23.7 Å². The van der Waals surface area contributed by atoms with E-state index >= 15 is 0 Å². The average molecular weight is 1030 g/mol. The lowest BCUT2D eigenvalue weighted by atomic mass is 10.1. The van der Waals surface area contributed by atoms with Crippen LogP contribution in [-0.2, 0) is 39.9 Å². The highest BCUT2D eigenvalue weighted by Gasteiger charge is 2.34. The first-order valence-corrected chi connectivity index (χ1v) is 24.1. The number of fused-ring (bicyclic) bond motifs is 4. The molecule has 4 aliphatic carbocycles. The van der Waals surface area contributed by atoms with Crippen molar-refractivity contribution >= 4 is 53.3 Å². The van der Waals surface area contributed by atoms with Gasteiger partial charge in [0.05, 0.1) is 46.5 Å². The van der Waals surface area contributed by atoms with Gasteiger partial charge in [0.1, 0.15) is 28.6 Å². The van der Waals surface area contributed by atoms with Crippen LogP contribution >= 0.6 is 0 Å². The SMILES string of the molecule is CC1Cc2cccc(OC(=O)OC(C)(C)C)c2C1=O.CC1Cc2cccc(OC(=O)c3ccc([N+](=O)[O-])cc3)c2C1=O.CCOC(=O)Oc1cccc2c1C(=O)C(C)C2.COC(=O)Oc1cccc2c1C(=O)C(C)C2. The minimum Gasteiger partial charge on any atom is -0.437 e. The lowest BCUT2D eigenvalue weighted by molar-refractivity contribution is -0.384. The fourth-order valence-electron chi connectivity index (χ4n) is 8.73. The number of hydrogen-bond acceptors (Lipinski definition) is 17. The van der Waals surface area contributed by atoms with Gasteiger partial charge in [-0.3, -0.25) is 29.3 Å². The van der Waals surface area contributed by atoms with Crippen LogP contribution in [0.5, 0.6) is 23.0 Å². The standard InChI is InChI=1S/C17H13NO5.C15H18O4.C13H14O4.C12H12O4/c1-10-9-12-3-2-4-14(15(12)16(10)19)23-17(20)11-5-7-13(8-6-11)18(21)22;1-9-8-10-6-5-7-11(12(10)13(9)16)18-14(17)19-15(2,3)4;1-3-16-13(15)17-10-6-4-5-9-7-8(2)12(14)11(9)10;1-7-6-8-4-3-5-9(10(8)11(7)13)16-12(14)15-2/h2-8,10H,9H2,1H3;5-7,9H,8H2,1-4H3;4-6,8H,3,7H2,1-2H3;3-5,7H,6H2,1-2H3. The van der Waals surface area contributed by atoms with Crippen LogP contribution in [0.3, 0.4) is 0 Å². The van der Waals surface area contributed by atoms with E-state index in [2.05, 4.69) is 4.74 Å². The lowest BCUT2D eigenvalue weighted by Crippen LogP contribution is -2.26. The molecule has 18 nitrogen and oxygen atoms in total. The minimum atomic E-state index is -0.805. The molecule has 75 heavy (non-hydrogen) atoms. The van der Waals surface area contributed by atoms with Crippen molar-refractivity contribution < 1.29 is 76.4 Å². The first-order valence-electron chi connectivity index (χ1n) is 24.1. The summed E-state index contributed by atoms with van der Waals surface area (Å²) in [6.07, 6.45) is 0.375. The largest absolute Gasteiger partial charge is 0.514 e. The maximum absolute atomic E-state index is 12.2. The summed E-state index contributed by atoms with van der Waals surface area (Å²) in [5, 5.41) is 10.6. The van der Waals surface area contributed by atoms with Crippen molar-refractivity contribution in [3.63, 3.8) is 0 Å². The Kier molecular flexibility index (Phi) is 17.8. The molecule has 9 rings (SSSR count). The zero-order chi connectivity index (χ0) is 54.9. The number of carbonyl (C=O) groups excluding carboxylic acids is 8. The summed E-state index contributed by atoms with van der Waals surface area (Å²) >= 11 is 0. The van der Waals surface area contributed by atoms with Crippen LogP contribution < -0.4 is 18.9 Å². The fourth-order valence-corrected chi connectivity index (χ4v) is 8.73. The van der Waals surface area contributed by atoms with E-state index in [1.807, 2.05) is 52.0 Å². The van der Waals surface area contributed by atoms with E-state index in [0.717, 1.165) is 22.3 Å². The molecule has 4 atom stereocenters. The molecule has 392 valence electrons. The molecule has 0 aromatic heterocycles. The van der Waals surface area contributed by atoms with Crippen LogP contribution in [0.4, 0.5) is 20.1 Å². The number of non-ortho nitro benzene ring substituents is 1. The van der Waals surface area contributed by atoms with E-state index in [4.69, 9.17) is 28.4 Å². The normalized spacial score (nSPS) is 17.4. The van der Waals surface area contributed by atoms with Crippen LogP contribution in [0, 0.1) is 33.8 Å². The number of nitrogens with zero attached hydrogens (tertiary/aromatic N) is 1. The van der Waals surface area contributed by atoms with Crippen molar-refractivity contribution in [1.29, 1.82) is 0 Å². The molecule has 5 aromatic rings. The molecule has 0 spiro atoms. The Morgan fingerprint density at radius 1 is 0.520 bits per heavy atom. The van der Waals surface area contributed by atoms with Crippen LogP contribution in [-0.4, -0.2) is 71.8 Å². The van der Waals surface area contributed by atoms with Gasteiger partial charge >= 0.3 is 24.4 Å². The van der Waals surface area contributed by atoms with E-state index in [1.165, 1.54) is 31.4 Å². The molecule has 0 aliphatic heterocycles. The molecule has 0 saturated heterocycles. The summed E-state index contributed by atoms with van der Waals surface area (Å²) in [6, 6.07) is 26.1. The molecule has 18 heteroatoms. The smallest absolute Gasteiger partial charge is 0.437 e. The van der Waals surface area contributed by atoms with Gasteiger partial charge in [-0.15, -0.1) is 0 Å². The van der Waals surface area contributed by atoms with Crippen LogP contribution in [0.25, 0.3) is 0 Å². The Bertz CT molecular complexity index is 3060. The summed E-state index contributed by atoms with van der Waals surface area (Å²) in [5.41, 5.74) is 5.13. The van der Waals surface area contributed by atoms with Crippen molar-refractivity contribution in [3.05, 3.63) is 157 Å². The van der Waals surface area contributed by atoms with Crippen molar-refractivity contribution in [2.45, 2.75) is 86.7 Å². The van der Waals surface area contributed by atoms with E-state index in [-0.39, 0.29) is 70.4 Å². The number of hydrogen-bond donors (Lipinski definition) is 0. The zero-order valence-corrected chi connectivity index (χ0v) is 43.0. The quantitative estimate of drug-likeness (QED) is 0.0367. The number of nitro benzene ring substituents is 1. The van der Waals surface area contributed by atoms with Gasteiger partial charge in [0.2, 0.25) is 0 Å². The van der Waals surface area contributed by atoms with Crippen molar-refractivity contribution in [1.82, 2.24) is 0 Å². The maximum atomic E-state index is 12.2. The van der Waals surface area contributed by atoms with Crippen LogP contribution in [0.1, 0.15) is 129 Å². The van der Waals surface area contributed by atoms with E-state index in [9.17, 15) is 48.5 Å². The van der Waals surface area contributed by atoms with Crippen LogP contribution in [0.15, 0.2) is 97.1 Å². The number of methoxy groups -OCH3 is 1. The van der Waals surface area contributed by atoms with Gasteiger partial charge in [0.25, 0.3) is 5.69 Å². The molecule has 0 heterocycles. The third kappa shape index (κ3) is 13.6. The molecule has 4 aliphatic rings. The third-order valence-electron chi connectivity index (χ3n) is 12.2. The number of benzene rings is 5. The first kappa shape index (κ1) is 55.8. The number of esters is 1. The molecular weight excluding hydrogens is 971 g/mol. The molecular formula is C57H57NO17. The molecule has 0 radical (unpaired) electrons. The second-order valence-corrected chi connectivity index (χ2v) is 19.1. The molecule has 0 fully saturated rings. The van der Waals surface area contributed by atoms with Gasteiger partial charge in [-0.2, -0.15) is 0 Å². The summed E-state index contributed by atoms with van der Waals surface area (Å²) in [5.74, 6) is 0.239. The van der Waals surface area contributed by atoms with Gasteiger partial charge in [0, 0.05) is 35.8 Å². The predicted molar refractivity (Wildman–Crippen MR) is 270 cm³/mol. The molecule has 0 N–H and O–H groups in total. The van der Waals surface area contributed by atoms with E-state index < -0.39 is 35.0 Å². The molecule has 4 unspecified atom stereocenters. The highest BCUT2D eigenvalue weighted by Crippen LogP contribution is 2.37. The Hall–Kier alpha value is -8.54. The average Bonchev–Trinajstić information content (AvgIpc) is 4.04. The Morgan fingerprint density at radius 3 is 1.17 bits per heavy atom. The molecule has 0 saturated carbocycles. The minimum absolute atomic E-state index is 0.0224. The summed E-state index contributed by atoms with van der Waals surface area (Å²) < 4.78 is 34.7. The van der Waals surface area contributed by atoms with Gasteiger partial charge in [-0.05, 0) is 112 Å². The Labute approximate surface area is 432 Å². The number of carbonyl (C=O) groups is 8. The Morgan fingerprint density at radius 2 is 0.853 bits per heavy atom. The highest BCUT2D eigenvalue weighted by atomic mass is 16.7. The van der Waals surface area contributed by atoms with Gasteiger partial charge in [0.15, 0.2) is 23.1 Å². The van der Waals surface area contributed by atoms with Gasteiger partial charge in [-0.1, -0.05) is 76.2 Å². The molecule has 5 aromatic carbocycles. The second kappa shape index (κ2) is 24.0. The zero-order valence-electron chi connectivity index (χ0n) is 43.0. The number of ketones is 4. The van der Waals surface area contributed by atoms with E-state index in [0.29, 0.717) is 65.2 Å². The lowest BCUT2D eigenvalue weighted by Gasteiger charge is -2.19. The molecule has 0 bridgehead atoms. The second-order valence-electron chi connectivity index (χ2n) is 19.1. The summed E-state index contributed by atoms with van der Waals surface area (Å²) in [4.78, 5) is 104.